The minimum Gasteiger partial charge on any atom is -0.302 e. The quantitative estimate of drug-likeness (QED) is 0.836. The highest BCUT2D eigenvalue weighted by molar-refractivity contribution is 7.88. The van der Waals surface area contributed by atoms with Crippen molar-refractivity contribution >= 4 is 10.0 Å². The molecule has 2 aliphatic rings. The first-order chi connectivity index (χ1) is 10.1. The van der Waals surface area contributed by atoms with Gasteiger partial charge < -0.3 is 4.90 Å². The molecule has 2 heterocycles. The van der Waals surface area contributed by atoms with Gasteiger partial charge in [0.2, 0.25) is 10.0 Å². The topological polar surface area (TPSA) is 40.6 Å². The molecule has 0 bridgehead atoms. The molecule has 2 fully saturated rings. The van der Waals surface area contributed by atoms with E-state index in [1.165, 1.54) is 12.8 Å². The number of sulfonamides is 1. The van der Waals surface area contributed by atoms with E-state index in [4.69, 9.17) is 0 Å². The lowest BCUT2D eigenvalue weighted by Crippen LogP contribution is -2.42. The van der Waals surface area contributed by atoms with E-state index in [1.54, 1.807) is 4.31 Å². The van der Waals surface area contributed by atoms with Gasteiger partial charge in [0.1, 0.15) is 0 Å². The van der Waals surface area contributed by atoms with Gasteiger partial charge in [0.05, 0.1) is 5.75 Å². The van der Waals surface area contributed by atoms with Gasteiger partial charge in [-0.1, -0.05) is 30.3 Å². The van der Waals surface area contributed by atoms with Gasteiger partial charge >= 0.3 is 0 Å². The van der Waals surface area contributed by atoms with E-state index in [0.29, 0.717) is 6.54 Å². The molecular formula is C16H24N2O2S. The van der Waals surface area contributed by atoms with E-state index >= 15 is 0 Å². The fourth-order valence-electron chi connectivity index (χ4n) is 3.49. The Labute approximate surface area is 127 Å². The zero-order chi connectivity index (χ0) is 14.7. The Balaban J connectivity index is 1.68. The molecule has 0 spiro atoms. The number of rotatable bonds is 5. The summed E-state index contributed by atoms with van der Waals surface area (Å²) >= 11 is 0. The Hall–Kier alpha value is -0.910. The van der Waals surface area contributed by atoms with Gasteiger partial charge in [-0.25, -0.2) is 8.42 Å². The smallest absolute Gasteiger partial charge is 0.218 e. The standard InChI is InChI=1S/C16H24N2O2S/c19-21(20,14-15-7-2-1-3-8-15)18-12-6-9-16(18)13-17-10-4-5-11-17/h1-3,7-8,16H,4-6,9-14H2/t16-/m1/s1. The largest absolute Gasteiger partial charge is 0.302 e. The summed E-state index contributed by atoms with van der Waals surface area (Å²) < 4.78 is 27.1. The molecule has 1 aromatic rings. The van der Waals surface area contributed by atoms with Crippen molar-refractivity contribution in [1.82, 2.24) is 9.21 Å². The molecule has 116 valence electrons. The molecule has 0 N–H and O–H groups in total. The molecule has 3 rings (SSSR count). The van der Waals surface area contributed by atoms with Crippen LogP contribution in [-0.4, -0.2) is 49.8 Å². The van der Waals surface area contributed by atoms with Crippen LogP contribution in [0.25, 0.3) is 0 Å². The third kappa shape index (κ3) is 3.65. The Morgan fingerprint density at radius 3 is 2.43 bits per heavy atom. The van der Waals surface area contributed by atoms with Crippen LogP contribution in [0.5, 0.6) is 0 Å². The fourth-order valence-corrected chi connectivity index (χ4v) is 5.30. The van der Waals surface area contributed by atoms with Crippen LogP contribution in [0.15, 0.2) is 30.3 Å². The molecule has 4 nitrogen and oxygen atoms in total. The molecule has 1 atom stereocenters. The molecule has 5 heteroatoms. The lowest BCUT2D eigenvalue weighted by molar-refractivity contribution is 0.257. The van der Waals surface area contributed by atoms with Gasteiger partial charge in [-0.15, -0.1) is 0 Å². The van der Waals surface area contributed by atoms with Crippen molar-refractivity contribution in [1.29, 1.82) is 0 Å². The minimum atomic E-state index is -3.20. The van der Waals surface area contributed by atoms with E-state index in [-0.39, 0.29) is 11.8 Å². The molecular weight excluding hydrogens is 284 g/mol. The summed E-state index contributed by atoms with van der Waals surface area (Å²) in [6.07, 6.45) is 4.50. The van der Waals surface area contributed by atoms with E-state index < -0.39 is 10.0 Å². The van der Waals surface area contributed by atoms with Crippen molar-refractivity contribution in [2.24, 2.45) is 0 Å². The summed E-state index contributed by atoms with van der Waals surface area (Å²) in [6, 6.07) is 9.68. The summed E-state index contributed by atoms with van der Waals surface area (Å²) in [5, 5.41) is 0. The second kappa shape index (κ2) is 6.46. The molecule has 0 aliphatic carbocycles. The first kappa shape index (κ1) is 15.0. The van der Waals surface area contributed by atoms with Crippen LogP contribution in [0, 0.1) is 0 Å². The summed E-state index contributed by atoms with van der Waals surface area (Å²) in [7, 11) is -3.20. The highest BCUT2D eigenvalue weighted by Gasteiger charge is 2.35. The van der Waals surface area contributed by atoms with Crippen LogP contribution in [-0.2, 0) is 15.8 Å². The van der Waals surface area contributed by atoms with Crippen LogP contribution in [0.4, 0.5) is 0 Å². The lowest BCUT2D eigenvalue weighted by atomic mass is 10.2. The van der Waals surface area contributed by atoms with Crippen LogP contribution in [0.2, 0.25) is 0 Å². The van der Waals surface area contributed by atoms with E-state index in [2.05, 4.69) is 4.90 Å². The summed E-state index contributed by atoms with van der Waals surface area (Å²) in [5.74, 6) is 0.129. The summed E-state index contributed by atoms with van der Waals surface area (Å²) in [5.41, 5.74) is 0.879. The maximum Gasteiger partial charge on any atom is 0.218 e. The molecule has 1 aromatic carbocycles. The van der Waals surface area contributed by atoms with Crippen molar-refractivity contribution in [3.63, 3.8) is 0 Å². The maximum atomic E-state index is 12.7. The highest BCUT2D eigenvalue weighted by Crippen LogP contribution is 2.25. The summed E-state index contributed by atoms with van der Waals surface area (Å²) in [4.78, 5) is 2.42. The van der Waals surface area contributed by atoms with Crippen molar-refractivity contribution in [3.05, 3.63) is 35.9 Å². The van der Waals surface area contributed by atoms with Gasteiger partial charge in [-0.05, 0) is 44.3 Å². The zero-order valence-electron chi connectivity index (χ0n) is 12.4. The van der Waals surface area contributed by atoms with Gasteiger partial charge in [-0.2, -0.15) is 4.31 Å². The third-order valence-electron chi connectivity index (χ3n) is 4.54. The zero-order valence-corrected chi connectivity index (χ0v) is 13.3. The summed E-state index contributed by atoms with van der Waals surface area (Å²) in [6.45, 7) is 3.85. The second-order valence-corrected chi connectivity index (χ2v) is 8.08. The maximum absolute atomic E-state index is 12.7. The van der Waals surface area contributed by atoms with Crippen molar-refractivity contribution in [2.45, 2.75) is 37.5 Å². The van der Waals surface area contributed by atoms with Gasteiger partial charge in [-0.3, -0.25) is 0 Å². The second-order valence-electron chi connectivity index (χ2n) is 6.16. The Morgan fingerprint density at radius 1 is 1.00 bits per heavy atom. The molecule has 2 aliphatic heterocycles. The molecule has 0 amide bonds. The number of benzene rings is 1. The normalized spacial score (nSPS) is 24.7. The SMILES string of the molecule is O=S(=O)(Cc1ccccc1)N1CCC[C@@H]1CN1CCCC1. The van der Waals surface area contributed by atoms with E-state index in [0.717, 1.165) is 38.0 Å². The molecule has 21 heavy (non-hydrogen) atoms. The van der Waals surface area contributed by atoms with Crippen molar-refractivity contribution < 1.29 is 8.42 Å². The number of likely N-dealkylation sites (tertiary alicyclic amines) is 1. The third-order valence-corrected chi connectivity index (χ3v) is 6.43. The molecule has 0 aromatic heterocycles. The van der Waals surface area contributed by atoms with E-state index in [9.17, 15) is 8.42 Å². The lowest BCUT2D eigenvalue weighted by Gasteiger charge is -2.27. The predicted molar refractivity (Wildman–Crippen MR) is 84.5 cm³/mol. The Kier molecular flexibility index (Phi) is 4.62. The first-order valence-electron chi connectivity index (χ1n) is 7.91. The molecule has 0 unspecified atom stereocenters. The number of nitrogens with zero attached hydrogens (tertiary/aromatic N) is 2. The minimum absolute atomic E-state index is 0.129. The van der Waals surface area contributed by atoms with Crippen LogP contribution in [0.3, 0.4) is 0 Å². The van der Waals surface area contributed by atoms with Gasteiger partial charge in [0, 0.05) is 19.1 Å². The molecule has 0 radical (unpaired) electrons. The van der Waals surface area contributed by atoms with Gasteiger partial charge in [0.25, 0.3) is 0 Å². The Bertz CT molecular complexity index is 553. The molecule has 2 saturated heterocycles. The fraction of sp³-hybridized carbons (Fsp3) is 0.625. The average molecular weight is 308 g/mol. The Morgan fingerprint density at radius 2 is 1.71 bits per heavy atom. The van der Waals surface area contributed by atoms with Crippen LogP contribution in [0.1, 0.15) is 31.2 Å². The van der Waals surface area contributed by atoms with Gasteiger partial charge in [0.15, 0.2) is 0 Å². The highest BCUT2D eigenvalue weighted by atomic mass is 32.2. The monoisotopic (exact) mass is 308 g/mol. The molecule has 0 saturated carbocycles. The first-order valence-corrected chi connectivity index (χ1v) is 9.52. The van der Waals surface area contributed by atoms with Crippen LogP contribution < -0.4 is 0 Å². The number of hydrogen-bond donors (Lipinski definition) is 0. The van der Waals surface area contributed by atoms with Crippen molar-refractivity contribution in [3.8, 4) is 0 Å². The van der Waals surface area contributed by atoms with Crippen LogP contribution >= 0.6 is 0 Å². The van der Waals surface area contributed by atoms with Crippen molar-refractivity contribution in [2.75, 3.05) is 26.2 Å². The predicted octanol–water partition coefficient (Wildman–Crippen LogP) is 2.08. The number of hydrogen-bond acceptors (Lipinski definition) is 3. The van der Waals surface area contributed by atoms with E-state index in [1.807, 2.05) is 30.3 Å². The average Bonchev–Trinajstić information content (AvgIpc) is 3.11.